The van der Waals surface area contributed by atoms with E-state index in [0.29, 0.717) is 28.3 Å². The minimum Gasteiger partial charge on any atom is -0.495 e. The number of hydrogen-bond acceptors (Lipinski definition) is 5. The van der Waals surface area contributed by atoms with Gasteiger partial charge in [-0.1, -0.05) is 11.8 Å². The molecule has 2 aromatic carbocycles. The van der Waals surface area contributed by atoms with Gasteiger partial charge in [0.2, 0.25) is 10.0 Å². The van der Waals surface area contributed by atoms with Crippen LogP contribution >= 0.6 is 0 Å². The molecule has 0 fully saturated rings. The largest absolute Gasteiger partial charge is 0.495 e. The van der Waals surface area contributed by atoms with Crippen LogP contribution in [0.4, 0.5) is 5.69 Å². The summed E-state index contributed by atoms with van der Waals surface area (Å²) in [5.41, 5.74) is 2.80. The number of ether oxygens (including phenoxy) is 1. The maximum absolute atomic E-state index is 12.2. The highest BCUT2D eigenvalue weighted by Gasteiger charge is 2.10. The molecule has 0 bridgehead atoms. The molecule has 0 radical (unpaired) electrons. The molecule has 2 N–H and O–H groups in total. The van der Waals surface area contributed by atoms with Gasteiger partial charge in [0.1, 0.15) is 5.75 Å². The maximum atomic E-state index is 12.2. The second kappa shape index (κ2) is 8.53. The molecule has 1 heterocycles. The zero-order valence-electron chi connectivity index (χ0n) is 17.4. The number of rotatable bonds is 4. The Labute approximate surface area is 179 Å². The summed E-state index contributed by atoms with van der Waals surface area (Å²) in [6.45, 7) is 3.66. The van der Waals surface area contributed by atoms with Gasteiger partial charge < -0.3 is 4.74 Å². The van der Waals surface area contributed by atoms with Crippen molar-refractivity contribution in [3.8, 4) is 23.3 Å². The number of H-pyrrole nitrogens is 1. The summed E-state index contributed by atoms with van der Waals surface area (Å²) in [4.78, 5) is 25.7. The number of hydrogen-bond donors (Lipinski definition) is 2. The number of aryl methyl sites for hydroxylation is 2. The van der Waals surface area contributed by atoms with E-state index in [9.17, 15) is 18.0 Å². The molecule has 0 saturated heterocycles. The first kappa shape index (κ1) is 21.9. The Morgan fingerprint density at radius 2 is 1.71 bits per heavy atom. The first-order valence-electron chi connectivity index (χ1n) is 9.19. The van der Waals surface area contributed by atoms with E-state index in [-0.39, 0.29) is 0 Å². The van der Waals surface area contributed by atoms with Gasteiger partial charge in [-0.25, -0.2) is 13.2 Å². The highest BCUT2D eigenvalue weighted by Crippen LogP contribution is 2.26. The molecule has 0 aliphatic heterocycles. The van der Waals surface area contributed by atoms with Gasteiger partial charge in [-0.3, -0.25) is 19.1 Å². The second-order valence-corrected chi connectivity index (χ2v) is 8.73. The predicted octanol–water partition coefficient (Wildman–Crippen LogP) is 1.92. The van der Waals surface area contributed by atoms with E-state index >= 15 is 0 Å². The molecule has 31 heavy (non-hydrogen) atoms. The van der Waals surface area contributed by atoms with Gasteiger partial charge in [-0.05, 0) is 55.3 Å². The molecule has 9 heteroatoms. The summed E-state index contributed by atoms with van der Waals surface area (Å²) in [7, 11) is -1.83. The summed E-state index contributed by atoms with van der Waals surface area (Å²) in [5.74, 6) is 6.71. The first-order chi connectivity index (χ1) is 14.6. The van der Waals surface area contributed by atoms with Crippen LogP contribution in [-0.4, -0.2) is 31.3 Å². The average Bonchev–Trinajstić information content (AvgIpc) is 2.65. The zero-order chi connectivity index (χ0) is 22.8. The van der Waals surface area contributed by atoms with Gasteiger partial charge in [0.25, 0.3) is 5.56 Å². The van der Waals surface area contributed by atoms with Crippen LogP contribution in [0, 0.1) is 25.7 Å². The number of nitrogens with zero attached hydrogens (tertiary/aromatic N) is 1. The van der Waals surface area contributed by atoms with Crippen molar-refractivity contribution in [2.24, 2.45) is 0 Å². The Balaban J connectivity index is 2.06. The van der Waals surface area contributed by atoms with Crippen LogP contribution in [0.15, 0.2) is 52.2 Å². The fraction of sp³-hybridized carbons (Fsp3) is 0.182. The third-order valence-corrected chi connectivity index (χ3v) is 5.03. The van der Waals surface area contributed by atoms with Gasteiger partial charge in [0.15, 0.2) is 0 Å². The third kappa shape index (κ3) is 5.24. The number of sulfonamides is 1. The Bertz CT molecular complexity index is 1440. The summed E-state index contributed by atoms with van der Waals surface area (Å²) < 4.78 is 32.0. The zero-order valence-corrected chi connectivity index (χ0v) is 18.3. The number of aromatic amines is 1. The highest BCUT2D eigenvalue weighted by atomic mass is 32.2. The number of anilines is 1. The molecular formula is C22H21N3O5S. The summed E-state index contributed by atoms with van der Waals surface area (Å²) in [6, 6.07) is 9.79. The van der Waals surface area contributed by atoms with Crippen LogP contribution in [0.1, 0.15) is 22.3 Å². The minimum absolute atomic E-state index is 0.457. The molecule has 160 valence electrons. The molecular weight excluding hydrogens is 418 g/mol. The third-order valence-electron chi connectivity index (χ3n) is 4.43. The van der Waals surface area contributed by atoms with Crippen molar-refractivity contribution in [2.75, 3.05) is 18.1 Å². The number of aromatic nitrogens is 2. The van der Waals surface area contributed by atoms with E-state index in [1.54, 1.807) is 30.3 Å². The smallest absolute Gasteiger partial charge is 0.332 e. The van der Waals surface area contributed by atoms with Crippen molar-refractivity contribution < 1.29 is 13.2 Å². The number of benzene rings is 2. The quantitative estimate of drug-likeness (QED) is 0.604. The number of nitrogens with one attached hydrogen (secondary N) is 2. The van der Waals surface area contributed by atoms with Crippen LogP contribution in [0.5, 0.6) is 5.75 Å². The van der Waals surface area contributed by atoms with Gasteiger partial charge in [-0.2, -0.15) is 0 Å². The van der Waals surface area contributed by atoms with Crippen LogP contribution < -0.4 is 20.7 Å². The Morgan fingerprint density at radius 3 is 2.32 bits per heavy atom. The maximum Gasteiger partial charge on any atom is 0.332 e. The van der Waals surface area contributed by atoms with E-state index in [1.165, 1.54) is 23.9 Å². The minimum atomic E-state index is -3.37. The van der Waals surface area contributed by atoms with Gasteiger partial charge >= 0.3 is 5.69 Å². The van der Waals surface area contributed by atoms with Crippen LogP contribution in [0.25, 0.3) is 5.69 Å². The fourth-order valence-electron chi connectivity index (χ4n) is 3.09. The predicted molar refractivity (Wildman–Crippen MR) is 120 cm³/mol. The van der Waals surface area contributed by atoms with Gasteiger partial charge in [0.05, 0.1) is 24.6 Å². The van der Waals surface area contributed by atoms with Crippen molar-refractivity contribution in [2.45, 2.75) is 13.8 Å². The lowest BCUT2D eigenvalue weighted by atomic mass is 10.1. The summed E-state index contributed by atoms with van der Waals surface area (Å²) in [5, 5.41) is 0. The van der Waals surface area contributed by atoms with E-state index in [1.807, 2.05) is 13.8 Å². The SMILES string of the molecule is COc1c(C)cc(-n2ccc(=O)[nH]c2=O)cc1C#Cc1ccc(NS(C)(=O)=O)cc1C. The molecule has 1 aromatic heterocycles. The van der Waals surface area contributed by atoms with Crippen molar-refractivity contribution >= 4 is 15.7 Å². The standard InChI is InChI=1S/C22H21N3O5S/c1-14-11-18(24-31(4,28)29)8-7-16(14)5-6-17-13-19(12-15(2)21(17)30-3)25-10-9-20(26)23-22(25)27/h7-13,24H,1-4H3,(H,23,26,27). The van der Waals surface area contributed by atoms with E-state index in [2.05, 4.69) is 21.5 Å². The lowest BCUT2D eigenvalue weighted by molar-refractivity contribution is 0.410. The molecule has 3 aromatic rings. The van der Waals surface area contributed by atoms with E-state index in [0.717, 1.165) is 17.4 Å². The number of methoxy groups -OCH3 is 1. The summed E-state index contributed by atoms with van der Waals surface area (Å²) >= 11 is 0. The van der Waals surface area contributed by atoms with Crippen LogP contribution in [-0.2, 0) is 10.0 Å². The van der Waals surface area contributed by atoms with Crippen molar-refractivity contribution in [1.29, 1.82) is 0 Å². The van der Waals surface area contributed by atoms with Gasteiger partial charge in [0, 0.05) is 23.5 Å². The van der Waals surface area contributed by atoms with Crippen molar-refractivity contribution in [3.63, 3.8) is 0 Å². The van der Waals surface area contributed by atoms with E-state index < -0.39 is 21.3 Å². The molecule has 0 amide bonds. The normalized spacial score (nSPS) is 10.8. The molecule has 0 spiro atoms. The molecule has 8 nitrogen and oxygen atoms in total. The highest BCUT2D eigenvalue weighted by molar-refractivity contribution is 7.92. The van der Waals surface area contributed by atoms with E-state index in [4.69, 9.17) is 4.74 Å². The Morgan fingerprint density at radius 1 is 1.00 bits per heavy atom. The second-order valence-electron chi connectivity index (χ2n) is 6.98. The Hall–Kier alpha value is -3.77. The van der Waals surface area contributed by atoms with Crippen molar-refractivity contribution in [3.05, 3.63) is 85.7 Å². The topological polar surface area (TPSA) is 110 Å². The molecule has 0 aliphatic carbocycles. The van der Waals surface area contributed by atoms with Crippen LogP contribution in [0.2, 0.25) is 0 Å². The lowest BCUT2D eigenvalue weighted by Crippen LogP contribution is -2.27. The molecule has 0 atom stereocenters. The Kier molecular flexibility index (Phi) is 6.04. The monoisotopic (exact) mass is 439 g/mol. The van der Waals surface area contributed by atoms with Crippen molar-refractivity contribution in [1.82, 2.24) is 9.55 Å². The molecule has 0 aliphatic rings. The fourth-order valence-corrected chi connectivity index (χ4v) is 3.65. The van der Waals surface area contributed by atoms with Crippen LogP contribution in [0.3, 0.4) is 0 Å². The molecule has 0 unspecified atom stereocenters. The lowest BCUT2D eigenvalue weighted by Gasteiger charge is -2.12. The first-order valence-corrected chi connectivity index (χ1v) is 11.1. The average molecular weight is 439 g/mol. The molecule has 0 saturated carbocycles. The van der Waals surface area contributed by atoms with Gasteiger partial charge in [-0.15, -0.1) is 0 Å². The molecule has 3 rings (SSSR count). The summed E-state index contributed by atoms with van der Waals surface area (Å²) in [6.07, 6.45) is 2.49.